The van der Waals surface area contributed by atoms with Crippen molar-refractivity contribution >= 4 is 35.4 Å². The van der Waals surface area contributed by atoms with E-state index in [1.165, 1.54) is 121 Å². The third-order valence-corrected chi connectivity index (χ3v) is 14.3. The lowest BCUT2D eigenvalue weighted by Gasteiger charge is -2.45. The van der Waals surface area contributed by atoms with E-state index in [2.05, 4.69) is 29.5 Å². The molecule has 20 nitrogen and oxygen atoms in total. The maximum Gasteiger partial charge on any atom is 0.306 e. The summed E-state index contributed by atoms with van der Waals surface area (Å²) in [6.07, 6.45) is 13.2. The van der Waals surface area contributed by atoms with E-state index in [0.717, 1.165) is 49.6 Å². The maximum absolute atomic E-state index is 13.1. The number of unbranched alkanes of at least 4 members (excludes halogenated alkanes) is 22. The molecular formula is C50H91N5O15S. The molecule has 2 saturated heterocycles. The SMILES string of the molecule is CCCCCCCCCCCCCCC(=O)OC[C@H](CSC[C@@H](N)C(=O)Nc1cn([C@@H]2OC(CO)C(OC3OC(CO)C(O)C(O)C3O)C(O)C2O)nn1)OC(=O)CCCCCCCCCCCCCC. The van der Waals surface area contributed by atoms with Gasteiger partial charge in [-0.1, -0.05) is 160 Å². The van der Waals surface area contributed by atoms with Crippen LogP contribution in [0.25, 0.3) is 0 Å². The minimum Gasteiger partial charge on any atom is -0.462 e. The Kier molecular flexibility index (Phi) is 32.9. The van der Waals surface area contributed by atoms with Crippen LogP contribution in [0.3, 0.4) is 0 Å². The summed E-state index contributed by atoms with van der Waals surface area (Å²) in [5, 5.41) is 82.7. The summed E-state index contributed by atoms with van der Waals surface area (Å²) >= 11 is 1.26. The summed E-state index contributed by atoms with van der Waals surface area (Å²) in [4.78, 5) is 38.8. The monoisotopic (exact) mass is 1030 g/mol. The van der Waals surface area contributed by atoms with E-state index in [1.54, 1.807) is 0 Å². The van der Waals surface area contributed by atoms with Crippen molar-refractivity contribution < 1.29 is 73.8 Å². The number of rotatable bonds is 40. The summed E-state index contributed by atoms with van der Waals surface area (Å²) in [5.41, 5.74) is 6.24. The summed E-state index contributed by atoms with van der Waals surface area (Å²) in [6.45, 7) is 2.86. The number of ether oxygens (including phenoxy) is 5. The third kappa shape index (κ3) is 24.1. The average Bonchev–Trinajstić information content (AvgIpc) is 3.83. The van der Waals surface area contributed by atoms with Crippen molar-refractivity contribution in [1.29, 1.82) is 0 Å². The van der Waals surface area contributed by atoms with E-state index >= 15 is 0 Å². The Bertz CT molecular complexity index is 1560. The standard InChI is InChI=1S/C50H91N5O15S/c1-3-5-7-9-11-13-15-17-19-21-23-25-27-40(58)66-32-35(67-41(59)28-26-24-22-20-18-16-14-12-10-8-6-4-2)33-71-34-36(51)48(65)52-39-29-55(54-53-39)49-45(63)44(62)47(38(31-57)68-49)70-50-46(64)43(61)42(60)37(30-56)69-50/h29,35-38,42-47,49-50,56-57,60-64H,3-28,30-34,51H2,1-2H3,(H,52,65)/t35-,36-,37?,38?,42?,43?,44?,45?,46?,47?,49-,50?/m1/s1. The van der Waals surface area contributed by atoms with Gasteiger partial charge in [0.05, 0.1) is 25.5 Å². The molecule has 2 aliphatic rings. The van der Waals surface area contributed by atoms with Crippen LogP contribution in [0, 0.1) is 0 Å². The number of carbonyl (C=O) groups excluding carboxylic acids is 3. The van der Waals surface area contributed by atoms with Crippen molar-refractivity contribution in [2.45, 2.75) is 254 Å². The molecular weight excluding hydrogens is 943 g/mol. The molecule has 12 atom stereocenters. The molecule has 21 heteroatoms. The Balaban J connectivity index is 1.45. The van der Waals surface area contributed by atoms with Crippen molar-refractivity contribution in [3.63, 3.8) is 0 Å². The largest absolute Gasteiger partial charge is 0.462 e. The lowest BCUT2D eigenvalue weighted by atomic mass is 9.96. The van der Waals surface area contributed by atoms with Crippen LogP contribution in [0.2, 0.25) is 0 Å². The highest BCUT2D eigenvalue weighted by Gasteiger charge is 2.51. The first-order valence-electron chi connectivity index (χ1n) is 26.8. The van der Waals surface area contributed by atoms with Gasteiger partial charge in [-0.15, -0.1) is 5.10 Å². The number of thioether (sulfide) groups is 1. The number of esters is 2. The second-order valence-corrected chi connectivity index (χ2v) is 20.4. The zero-order valence-electron chi connectivity index (χ0n) is 42.6. The number of nitrogens with zero attached hydrogens (tertiary/aromatic N) is 3. The van der Waals surface area contributed by atoms with Gasteiger partial charge in [0.15, 0.2) is 18.3 Å². The van der Waals surface area contributed by atoms with Gasteiger partial charge < -0.3 is 70.5 Å². The Morgan fingerprint density at radius 1 is 0.662 bits per heavy atom. The van der Waals surface area contributed by atoms with Gasteiger partial charge >= 0.3 is 11.9 Å². The number of carbonyl (C=O) groups is 3. The van der Waals surface area contributed by atoms with Crippen LogP contribution in [0.1, 0.15) is 187 Å². The molecule has 10 N–H and O–H groups in total. The molecule has 1 aromatic rings. The van der Waals surface area contributed by atoms with Gasteiger partial charge in [-0.2, -0.15) is 11.8 Å². The molecule has 1 aromatic heterocycles. The van der Waals surface area contributed by atoms with Gasteiger partial charge in [-0.05, 0) is 12.8 Å². The number of nitrogens with two attached hydrogens (primary N) is 1. The predicted octanol–water partition coefficient (Wildman–Crippen LogP) is 4.71. The molecule has 2 fully saturated rings. The predicted molar refractivity (Wildman–Crippen MR) is 268 cm³/mol. The average molecular weight is 1030 g/mol. The van der Waals surface area contributed by atoms with Crippen molar-refractivity contribution in [2.24, 2.45) is 5.73 Å². The quantitative estimate of drug-likeness (QED) is 0.0317. The number of amides is 1. The highest BCUT2D eigenvalue weighted by molar-refractivity contribution is 7.99. The summed E-state index contributed by atoms with van der Waals surface area (Å²) < 4.78 is 29.1. The fourth-order valence-corrected chi connectivity index (χ4v) is 9.68. The van der Waals surface area contributed by atoms with E-state index in [0.29, 0.717) is 6.42 Å². The normalized spacial score (nSPS) is 25.4. The summed E-state index contributed by atoms with van der Waals surface area (Å²) in [6, 6.07) is -1.06. The minimum absolute atomic E-state index is 0.0781. The molecule has 0 aromatic carbocycles. The van der Waals surface area contributed by atoms with Crippen molar-refractivity contribution in [3.8, 4) is 0 Å². The fourth-order valence-electron chi connectivity index (χ4n) is 8.71. The van der Waals surface area contributed by atoms with Gasteiger partial charge in [0.1, 0.15) is 61.5 Å². The molecule has 0 spiro atoms. The van der Waals surface area contributed by atoms with Gasteiger partial charge in [0.2, 0.25) is 5.91 Å². The van der Waals surface area contributed by atoms with Gasteiger partial charge in [0.25, 0.3) is 0 Å². The molecule has 3 heterocycles. The Morgan fingerprint density at radius 2 is 1.17 bits per heavy atom. The second kappa shape index (κ2) is 37.2. The molecule has 1 amide bonds. The van der Waals surface area contributed by atoms with Crippen LogP contribution in [-0.2, 0) is 38.1 Å². The highest BCUT2D eigenvalue weighted by Crippen LogP contribution is 2.33. The number of nitrogens with one attached hydrogen (secondary N) is 1. The van der Waals surface area contributed by atoms with Crippen LogP contribution >= 0.6 is 11.8 Å². The highest BCUT2D eigenvalue weighted by atomic mass is 32.2. The van der Waals surface area contributed by atoms with E-state index in [-0.39, 0.29) is 48.7 Å². The van der Waals surface area contributed by atoms with Crippen LogP contribution in [0.15, 0.2) is 6.20 Å². The van der Waals surface area contributed by atoms with Gasteiger partial charge in [-0.3, -0.25) is 14.4 Å². The number of hydrogen-bond acceptors (Lipinski definition) is 19. The minimum atomic E-state index is -1.82. The lowest BCUT2D eigenvalue weighted by molar-refractivity contribution is -0.347. The van der Waals surface area contributed by atoms with Crippen LogP contribution in [0.5, 0.6) is 0 Å². The molecule has 2 aliphatic heterocycles. The zero-order chi connectivity index (χ0) is 51.8. The first-order valence-corrected chi connectivity index (χ1v) is 28.0. The molecule has 0 aliphatic carbocycles. The topological polar surface area (TPSA) is 308 Å². The van der Waals surface area contributed by atoms with E-state index < -0.39 is 92.6 Å². The molecule has 71 heavy (non-hydrogen) atoms. The second-order valence-electron chi connectivity index (χ2n) is 19.3. The molecule has 412 valence electrons. The number of aliphatic hydroxyl groups excluding tert-OH is 7. The summed E-state index contributed by atoms with van der Waals surface area (Å²) in [7, 11) is 0. The number of aliphatic hydroxyl groups is 7. The van der Waals surface area contributed by atoms with Crippen molar-refractivity contribution in [2.75, 3.05) is 36.6 Å². The van der Waals surface area contributed by atoms with Crippen LogP contribution in [-0.4, -0.2) is 167 Å². The molecule has 0 radical (unpaired) electrons. The Morgan fingerprint density at radius 3 is 1.69 bits per heavy atom. The Hall–Kier alpha value is -2.54. The van der Waals surface area contributed by atoms with Crippen molar-refractivity contribution in [3.05, 3.63) is 6.20 Å². The summed E-state index contributed by atoms with van der Waals surface area (Å²) in [5.74, 6) is -1.10. The molecule has 0 bridgehead atoms. The van der Waals surface area contributed by atoms with Crippen LogP contribution < -0.4 is 11.1 Å². The smallest absolute Gasteiger partial charge is 0.306 e. The van der Waals surface area contributed by atoms with Gasteiger partial charge in [-0.25, -0.2) is 4.68 Å². The van der Waals surface area contributed by atoms with E-state index in [4.69, 9.17) is 29.4 Å². The van der Waals surface area contributed by atoms with Gasteiger partial charge in [0, 0.05) is 24.3 Å². The van der Waals surface area contributed by atoms with Crippen LogP contribution in [0.4, 0.5) is 5.82 Å². The Labute approximate surface area is 425 Å². The molecule has 9 unspecified atom stereocenters. The first-order chi connectivity index (χ1) is 34.3. The number of hydrogen-bond donors (Lipinski definition) is 9. The molecule has 0 saturated carbocycles. The number of anilines is 1. The van der Waals surface area contributed by atoms with Crippen molar-refractivity contribution in [1.82, 2.24) is 15.0 Å². The third-order valence-electron chi connectivity index (χ3n) is 13.1. The lowest BCUT2D eigenvalue weighted by Crippen LogP contribution is -2.63. The number of aromatic nitrogens is 3. The van der Waals surface area contributed by atoms with E-state index in [9.17, 15) is 50.1 Å². The molecule has 3 rings (SSSR count). The fraction of sp³-hybridized carbons (Fsp3) is 0.900. The maximum atomic E-state index is 13.1. The zero-order valence-corrected chi connectivity index (χ0v) is 43.5. The first kappa shape index (κ1) is 62.8. The van der Waals surface area contributed by atoms with E-state index in [1.807, 2.05) is 0 Å².